The molecule has 0 aliphatic carbocycles. The van der Waals surface area contributed by atoms with Crippen LogP contribution in [-0.4, -0.2) is 37.2 Å². The molecule has 0 aliphatic heterocycles. The van der Waals surface area contributed by atoms with Crippen LogP contribution in [0, 0.1) is 0 Å². The topological polar surface area (TPSA) is 115 Å². The Morgan fingerprint density at radius 3 is 2.45 bits per heavy atom. The molecule has 2 aromatic heterocycles. The fraction of sp³-hybridized carbons (Fsp3) is 0.158. The summed E-state index contributed by atoms with van der Waals surface area (Å²) in [4.78, 5) is 19.8. The van der Waals surface area contributed by atoms with Crippen LogP contribution in [0.5, 0.6) is 11.5 Å². The number of rotatable bonds is 6. The lowest BCUT2D eigenvalue weighted by atomic mass is 10.1. The Hall–Kier alpha value is -3.53. The minimum atomic E-state index is -2.72. The first-order chi connectivity index (χ1) is 14.0. The van der Waals surface area contributed by atoms with Gasteiger partial charge in [0, 0.05) is 17.1 Å². The van der Waals surface area contributed by atoms with E-state index in [9.17, 15) is 13.2 Å². The van der Waals surface area contributed by atoms with Crippen LogP contribution < -0.4 is 19.9 Å². The lowest BCUT2D eigenvalue weighted by molar-refractivity contribution is 0.356. The SMILES string of the molecule is COc1cc2ncc3[nH]c(=O)n(Cc4ccc(N[SH](=O)=O)cc4)c3c2cc1OC. The number of H-pyrrole nitrogens is 1. The van der Waals surface area contributed by atoms with Crippen LogP contribution in [0.1, 0.15) is 5.56 Å². The highest BCUT2D eigenvalue weighted by atomic mass is 32.2. The Labute approximate surface area is 167 Å². The Morgan fingerprint density at radius 1 is 1.10 bits per heavy atom. The van der Waals surface area contributed by atoms with Crippen LogP contribution in [0.15, 0.2) is 47.4 Å². The molecule has 9 nitrogen and oxygen atoms in total. The largest absolute Gasteiger partial charge is 0.493 e. The molecule has 0 saturated carbocycles. The zero-order valence-electron chi connectivity index (χ0n) is 15.6. The molecule has 10 heteroatoms. The average molecular weight is 414 g/mol. The molecular formula is C19H18N4O5S. The van der Waals surface area contributed by atoms with Gasteiger partial charge in [0.25, 0.3) is 0 Å². The van der Waals surface area contributed by atoms with E-state index in [1.807, 2.05) is 0 Å². The van der Waals surface area contributed by atoms with E-state index in [1.54, 1.807) is 61.4 Å². The monoisotopic (exact) mass is 414 g/mol. The number of nitrogens with one attached hydrogen (secondary N) is 2. The van der Waals surface area contributed by atoms with E-state index in [0.717, 1.165) is 10.9 Å². The van der Waals surface area contributed by atoms with Crippen molar-refractivity contribution in [2.45, 2.75) is 6.54 Å². The first-order valence-corrected chi connectivity index (χ1v) is 9.81. The lowest BCUT2D eigenvalue weighted by Crippen LogP contribution is -2.17. The van der Waals surface area contributed by atoms with Crippen molar-refractivity contribution >= 4 is 38.5 Å². The van der Waals surface area contributed by atoms with Gasteiger partial charge in [-0.25, -0.2) is 13.2 Å². The predicted octanol–water partition coefficient (Wildman–Crippen LogP) is 1.88. The molecule has 2 heterocycles. The molecule has 0 atom stereocenters. The minimum Gasteiger partial charge on any atom is -0.493 e. The van der Waals surface area contributed by atoms with Crippen LogP contribution in [0.4, 0.5) is 5.69 Å². The summed E-state index contributed by atoms with van der Waals surface area (Å²) < 4.78 is 36.2. The maximum absolute atomic E-state index is 12.6. The van der Waals surface area contributed by atoms with Gasteiger partial charge in [-0.05, 0) is 23.8 Å². The molecular weight excluding hydrogens is 396 g/mol. The third-order valence-electron chi connectivity index (χ3n) is 4.62. The van der Waals surface area contributed by atoms with Crippen molar-refractivity contribution < 1.29 is 17.9 Å². The number of imidazole rings is 1. The summed E-state index contributed by atoms with van der Waals surface area (Å²) in [6.07, 6.45) is 1.61. The summed E-state index contributed by atoms with van der Waals surface area (Å²) in [6, 6.07) is 10.4. The van der Waals surface area contributed by atoms with Crippen LogP contribution in [0.2, 0.25) is 0 Å². The number of thiol groups is 1. The average Bonchev–Trinajstić information content (AvgIpc) is 3.03. The normalized spacial score (nSPS) is 11.3. The van der Waals surface area contributed by atoms with Gasteiger partial charge in [-0.3, -0.25) is 14.3 Å². The van der Waals surface area contributed by atoms with Crippen molar-refractivity contribution in [3.05, 3.63) is 58.6 Å². The standard InChI is InChI=1S/C19H18N4O5S/c1-27-16-7-13-14(8-17(16)28-2)20-9-15-18(13)23(19(24)21-15)10-11-3-5-12(6-4-11)22-29(25)26/h3-9,29H,10H2,1-2H3,(H,21,24)(H,22,25,26). The summed E-state index contributed by atoms with van der Waals surface area (Å²) in [5.41, 5.74) is 3.01. The number of anilines is 1. The number of aromatic nitrogens is 3. The molecule has 0 unspecified atom stereocenters. The maximum Gasteiger partial charge on any atom is 0.326 e. The molecule has 0 bridgehead atoms. The Morgan fingerprint density at radius 2 is 1.79 bits per heavy atom. The third-order valence-corrected chi connectivity index (χ3v) is 5.06. The van der Waals surface area contributed by atoms with Crippen molar-refractivity contribution in [3.63, 3.8) is 0 Å². The lowest BCUT2D eigenvalue weighted by Gasteiger charge is -2.11. The van der Waals surface area contributed by atoms with Gasteiger partial charge in [0.2, 0.25) is 10.9 Å². The van der Waals surface area contributed by atoms with Crippen LogP contribution >= 0.6 is 0 Å². The van der Waals surface area contributed by atoms with E-state index in [4.69, 9.17) is 9.47 Å². The number of hydrogen-bond donors (Lipinski definition) is 3. The van der Waals surface area contributed by atoms with Gasteiger partial charge in [0.05, 0.1) is 43.5 Å². The van der Waals surface area contributed by atoms with Gasteiger partial charge in [-0.2, -0.15) is 0 Å². The van der Waals surface area contributed by atoms with E-state index < -0.39 is 10.9 Å². The molecule has 0 spiro atoms. The van der Waals surface area contributed by atoms with Crippen molar-refractivity contribution in [1.29, 1.82) is 0 Å². The zero-order valence-corrected chi connectivity index (χ0v) is 16.5. The zero-order chi connectivity index (χ0) is 20.5. The molecule has 2 N–H and O–H groups in total. The van der Waals surface area contributed by atoms with Crippen LogP contribution in [0.25, 0.3) is 21.9 Å². The number of pyridine rings is 1. The number of nitrogens with zero attached hydrogens (tertiary/aromatic N) is 2. The van der Waals surface area contributed by atoms with Crippen molar-refractivity contribution in [2.75, 3.05) is 18.9 Å². The van der Waals surface area contributed by atoms with Gasteiger partial charge in [0.1, 0.15) is 0 Å². The van der Waals surface area contributed by atoms with E-state index in [2.05, 4.69) is 14.7 Å². The summed E-state index contributed by atoms with van der Waals surface area (Å²) in [6.45, 7) is 0.302. The molecule has 0 aliphatic rings. The van der Waals surface area contributed by atoms with Crippen molar-refractivity contribution in [2.24, 2.45) is 0 Å². The summed E-state index contributed by atoms with van der Waals surface area (Å²) in [5, 5.41) is 0.750. The second kappa shape index (κ2) is 7.47. The fourth-order valence-electron chi connectivity index (χ4n) is 3.30. The smallest absolute Gasteiger partial charge is 0.326 e. The molecule has 0 saturated heterocycles. The molecule has 29 heavy (non-hydrogen) atoms. The predicted molar refractivity (Wildman–Crippen MR) is 110 cm³/mol. The molecule has 0 amide bonds. The Kier molecular flexibility index (Phi) is 4.85. The first kappa shape index (κ1) is 18.8. The number of methoxy groups -OCH3 is 2. The van der Waals surface area contributed by atoms with Crippen LogP contribution in [0.3, 0.4) is 0 Å². The highest BCUT2D eigenvalue weighted by Gasteiger charge is 2.15. The number of fused-ring (bicyclic) bond motifs is 3. The number of hydrogen-bond acceptors (Lipinski definition) is 6. The van der Waals surface area contributed by atoms with Gasteiger partial charge < -0.3 is 14.5 Å². The van der Waals surface area contributed by atoms with Crippen molar-refractivity contribution in [3.8, 4) is 11.5 Å². The second-order valence-electron chi connectivity index (χ2n) is 6.33. The number of aromatic amines is 1. The van der Waals surface area contributed by atoms with Gasteiger partial charge in [-0.15, -0.1) is 0 Å². The molecule has 4 aromatic rings. The summed E-state index contributed by atoms with van der Waals surface area (Å²) in [5.74, 6) is 1.09. The number of benzene rings is 2. The quantitative estimate of drug-likeness (QED) is 0.415. The summed E-state index contributed by atoms with van der Waals surface area (Å²) in [7, 11) is 0.376. The fourth-order valence-corrected chi connectivity index (χ4v) is 3.65. The van der Waals surface area contributed by atoms with Gasteiger partial charge >= 0.3 is 5.69 Å². The first-order valence-electron chi connectivity index (χ1n) is 8.63. The van der Waals surface area contributed by atoms with Crippen LogP contribution in [-0.2, 0) is 17.4 Å². The van der Waals surface area contributed by atoms with E-state index in [1.165, 1.54) is 0 Å². The second-order valence-corrected chi connectivity index (χ2v) is 7.06. The summed E-state index contributed by atoms with van der Waals surface area (Å²) >= 11 is 0. The molecule has 150 valence electrons. The molecule has 4 rings (SSSR count). The van der Waals surface area contributed by atoms with E-state index >= 15 is 0 Å². The Balaban J connectivity index is 1.84. The maximum atomic E-state index is 12.6. The highest BCUT2D eigenvalue weighted by Crippen LogP contribution is 2.34. The molecule has 2 aromatic carbocycles. The molecule has 0 radical (unpaired) electrons. The van der Waals surface area contributed by atoms with Crippen molar-refractivity contribution in [1.82, 2.24) is 14.5 Å². The molecule has 0 fully saturated rings. The minimum absolute atomic E-state index is 0.270. The highest BCUT2D eigenvalue weighted by molar-refractivity contribution is 7.73. The number of ether oxygens (including phenoxy) is 2. The van der Waals surface area contributed by atoms with Gasteiger partial charge in [0.15, 0.2) is 11.5 Å². The third kappa shape index (κ3) is 3.49. The van der Waals surface area contributed by atoms with Gasteiger partial charge in [-0.1, -0.05) is 12.1 Å². The van der Waals surface area contributed by atoms with E-state index in [-0.39, 0.29) is 5.69 Å². The Bertz CT molecular complexity index is 1330. The van der Waals surface area contributed by atoms with E-state index in [0.29, 0.717) is 40.3 Å².